The number of benzene rings is 2. The maximum atomic E-state index is 13.6. The standard InChI is InChI=1S/C15H18F2O.C10H10F2O.2C7H12O2.C6H12.C4H8/c16-15(17,11-10-13-6-4-5-7-13)12-18-14-8-2-1-3-9-14;1-2-10(11,12)8-13-9-6-4-3-5-7-9;2*1-2-3-4-5-6-7(8)9;1-6-4-2-3-5-6;1-3-4-2/h1-3,8-11,13H,4-7,12H2;2-7H,1,8H2;2*2-3H,4-6H2,1H3,(H,8,9);6H,2-5H2,1H3;3-4H,1-2H3/b11-10+;;2*3-2+;;4-3+. The quantitative estimate of drug-likeness (QED) is 0.0937. The van der Waals surface area contributed by atoms with Crippen LogP contribution in [0.3, 0.4) is 0 Å². The second-order valence-electron chi connectivity index (χ2n) is 14.1. The highest BCUT2D eigenvalue weighted by atomic mass is 19.3. The topological polar surface area (TPSA) is 93.1 Å². The molecule has 2 N–H and O–H groups in total. The molecule has 0 radical (unpaired) electrons. The summed E-state index contributed by atoms with van der Waals surface area (Å²) in [6, 6.07) is 17.2. The van der Waals surface area contributed by atoms with E-state index in [0.717, 1.165) is 63.4 Å². The third kappa shape index (κ3) is 40.0. The molecule has 0 atom stereocenters. The first-order chi connectivity index (χ1) is 28.1. The van der Waals surface area contributed by atoms with Gasteiger partial charge in [-0.05, 0) is 114 Å². The second-order valence-corrected chi connectivity index (χ2v) is 14.1. The van der Waals surface area contributed by atoms with Gasteiger partial charge in [-0.1, -0.05) is 131 Å². The molecule has 0 heterocycles. The fraction of sp³-hybridized carbons (Fsp3) is 0.510. The summed E-state index contributed by atoms with van der Waals surface area (Å²) >= 11 is 0. The molecule has 0 unspecified atom stereocenters. The van der Waals surface area contributed by atoms with Crippen molar-refractivity contribution >= 4 is 11.9 Å². The Kier molecular flexibility index (Phi) is 36.1. The van der Waals surface area contributed by atoms with Crippen LogP contribution in [-0.2, 0) is 9.59 Å². The molecule has 0 spiro atoms. The van der Waals surface area contributed by atoms with Crippen LogP contribution >= 0.6 is 0 Å². The van der Waals surface area contributed by atoms with Crippen molar-refractivity contribution in [2.75, 3.05) is 13.2 Å². The van der Waals surface area contributed by atoms with Gasteiger partial charge < -0.3 is 19.7 Å². The molecule has 2 fully saturated rings. The number of para-hydroxylation sites is 2. The van der Waals surface area contributed by atoms with Crippen LogP contribution in [0, 0.1) is 11.8 Å². The zero-order valence-corrected chi connectivity index (χ0v) is 36.2. The third-order valence-electron chi connectivity index (χ3n) is 8.63. The lowest BCUT2D eigenvalue weighted by Gasteiger charge is -2.14. The maximum absolute atomic E-state index is 13.6. The van der Waals surface area contributed by atoms with Crippen molar-refractivity contribution in [2.24, 2.45) is 11.8 Å². The van der Waals surface area contributed by atoms with Gasteiger partial charge in [0.2, 0.25) is 0 Å². The van der Waals surface area contributed by atoms with Gasteiger partial charge in [0.1, 0.15) is 11.5 Å². The van der Waals surface area contributed by atoms with Gasteiger partial charge in [-0.15, -0.1) is 0 Å². The summed E-state index contributed by atoms with van der Waals surface area (Å²) in [6.07, 6.45) is 29.2. The average molecular weight is 833 g/mol. The van der Waals surface area contributed by atoms with Gasteiger partial charge in [-0.3, -0.25) is 9.59 Å². The summed E-state index contributed by atoms with van der Waals surface area (Å²) in [5.74, 6) is -4.99. The predicted molar refractivity (Wildman–Crippen MR) is 236 cm³/mol. The summed E-state index contributed by atoms with van der Waals surface area (Å²) in [5, 5.41) is 16.4. The molecule has 2 aromatic rings. The SMILES string of the molecule is C/C=C/C.C/C=C/CCCC(=O)O.C/C=C/CCCC(=O)O.C=CC(F)(F)COc1ccccc1.CC1CCCC1.FC(F)(/C=C/C1CCCC1)COc1ccccc1. The summed E-state index contributed by atoms with van der Waals surface area (Å²) < 4.78 is 62.2. The van der Waals surface area contributed by atoms with E-state index in [2.05, 4.69) is 13.5 Å². The van der Waals surface area contributed by atoms with E-state index >= 15 is 0 Å². The zero-order valence-electron chi connectivity index (χ0n) is 36.2. The van der Waals surface area contributed by atoms with Gasteiger partial charge in [-0.2, -0.15) is 17.6 Å². The van der Waals surface area contributed by atoms with Gasteiger partial charge in [0.25, 0.3) is 11.8 Å². The Hall–Kier alpha value is -4.60. The van der Waals surface area contributed by atoms with Gasteiger partial charge in [0, 0.05) is 12.8 Å². The minimum absolute atomic E-state index is 0.282. The predicted octanol–water partition coefficient (Wildman–Crippen LogP) is 14.7. The molecule has 0 amide bonds. The van der Waals surface area contributed by atoms with Crippen LogP contribution in [0.5, 0.6) is 11.5 Å². The van der Waals surface area contributed by atoms with Crippen LogP contribution in [-0.4, -0.2) is 47.2 Å². The van der Waals surface area contributed by atoms with Crippen molar-refractivity contribution in [2.45, 2.75) is 136 Å². The lowest BCUT2D eigenvalue weighted by molar-refractivity contribution is -0.138. The molecule has 59 heavy (non-hydrogen) atoms. The van der Waals surface area contributed by atoms with Crippen LogP contribution in [0.1, 0.15) is 125 Å². The van der Waals surface area contributed by atoms with E-state index in [4.69, 9.17) is 19.7 Å². The normalized spacial score (nSPS) is 14.1. The van der Waals surface area contributed by atoms with E-state index in [1.165, 1.54) is 25.7 Å². The molecular weight excluding hydrogens is 761 g/mol. The summed E-state index contributed by atoms with van der Waals surface area (Å²) in [7, 11) is 0. The van der Waals surface area contributed by atoms with Crippen LogP contribution in [0.25, 0.3) is 0 Å². The second kappa shape index (κ2) is 37.7. The number of halogens is 4. The van der Waals surface area contributed by atoms with Crippen molar-refractivity contribution in [3.05, 3.63) is 122 Å². The molecule has 0 aromatic heterocycles. The monoisotopic (exact) mass is 833 g/mol. The Morgan fingerprint density at radius 1 is 0.661 bits per heavy atom. The highest BCUT2D eigenvalue weighted by Gasteiger charge is 2.27. The van der Waals surface area contributed by atoms with Crippen LogP contribution < -0.4 is 9.47 Å². The fourth-order valence-electron chi connectivity index (χ4n) is 5.13. The van der Waals surface area contributed by atoms with Crippen LogP contribution in [0.15, 0.2) is 122 Å². The van der Waals surface area contributed by atoms with E-state index in [1.54, 1.807) is 60.7 Å². The highest BCUT2D eigenvalue weighted by Crippen LogP contribution is 2.28. The summed E-state index contributed by atoms with van der Waals surface area (Å²) in [6.45, 7) is 12.0. The van der Waals surface area contributed by atoms with Crippen molar-refractivity contribution in [3.8, 4) is 11.5 Å². The molecule has 10 heteroatoms. The van der Waals surface area contributed by atoms with Crippen LogP contribution in [0.4, 0.5) is 17.6 Å². The van der Waals surface area contributed by atoms with Gasteiger partial charge >= 0.3 is 11.9 Å². The van der Waals surface area contributed by atoms with Gasteiger partial charge in [-0.25, -0.2) is 0 Å². The number of aliphatic carboxylic acids is 2. The van der Waals surface area contributed by atoms with Crippen molar-refractivity contribution in [1.82, 2.24) is 0 Å². The van der Waals surface area contributed by atoms with Crippen LogP contribution in [0.2, 0.25) is 0 Å². The number of carboxylic acid groups (broad SMARTS) is 2. The number of alkyl halides is 4. The number of unbranched alkanes of at least 4 members (excludes halogenated alkanes) is 2. The maximum Gasteiger partial charge on any atom is 0.303 e. The highest BCUT2D eigenvalue weighted by molar-refractivity contribution is 5.66. The summed E-state index contributed by atoms with van der Waals surface area (Å²) in [4.78, 5) is 19.9. The Balaban J connectivity index is 0. The third-order valence-corrected chi connectivity index (χ3v) is 8.63. The number of carbonyl (C=O) groups is 2. The molecule has 332 valence electrons. The molecule has 0 aliphatic heterocycles. The molecule has 2 saturated carbocycles. The molecule has 0 saturated heterocycles. The van der Waals surface area contributed by atoms with E-state index in [0.29, 0.717) is 23.5 Å². The van der Waals surface area contributed by atoms with E-state index in [1.807, 2.05) is 70.2 Å². The van der Waals surface area contributed by atoms with E-state index < -0.39 is 37.0 Å². The zero-order chi connectivity index (χ0) is 44.6. The molecular formula is C49H72F4O6. The lowest BCUT2D eigenvalue weighted by Crippen LogP contribution is -2.23. The number of allylic oxidation sites excluding steroid dienone is 7. The lowest BCUT2D eigenvalue weighted by atomic mass is 10.1. The Morgan fingerprint density at radius 3 is 1.37 bits per heavy atom. The number of ether oxygens (including phenoxy) is 2. The molecule has 6 nitrogen and oxygen atoms in total. The van der Waals surface area contributed by atoms with Gasteiger partial charge in [0.15, 0.2) is 13.2 Å². The first-order valence-corrected chi connectivity index (χ1v) is 20.8. The fourth-order valence-corrected chi connectivity index (χ4v) is 5.13. The number of carboxylic acids is 2. The number of rotatable bonds is 17. The minimum atomic E-state index is -2.96. The Labute approximate surface area is 352 Å². The molecule has 4 rings (SSSR count). The number of hydrogen-bond acceptors (Lipinski definition) is 4. The average Bonchev–Trinajstić information content (AvgIpc) is 3.95. The van der Waals surface area contributed by atoms with E-state index in [-0.39, 0.29) is 12.8 Å². The van der Waals surface area contributed by atoms with Crippen molar-refractivity contribution < 1.29 is 46.8 Å². The van der Waals surface area contributed by atoms with Crippen molar-refractivity contribution in [3.63, 3.8) is 0 Å². The Bertz CT molecular complexity index is 1380. The first kappa shape index (κ1) is 56.5. The molecule has 2 aliphatic rings. The summed E-state index contributed by atoms with van der Waals surface area (Å²) in [5.41, 5.74) is 0. The Morgan fingerprint density at radius 2 is 1.05 bits per heavy atom. The smallest absolute Gasteiger partial charge is 0.303 e. The first-order valence-electron chi connectivity index (χ1n) is 20.8. The molecule has 2 aromatic carbocycles. The van der Waals surface area contributed by atoms with Crippen molar-refractivity contribution in [1.29, 1.82) is 0 Å². The largest absolute Gasteiger partial charge is 0.487 e. The number of hydrogen-bond donors (Lipinski definition) is 2. The van der Waals surface area contributed by atoms with E-state index in [9.17, 15) is 27.2 Å². The molecule has 2 aliphatic carbocycles. The van der Waals surface area contributed by atoms with Gasteiger partial charge in [0.05, 0.1) is 0 Å². The molecule has 0 bridgehead atoms. The minimum Gasteiger partial charge on any atom is -0.487 e.